The average molecular weight is 495 g/mol. The number of anilines is 1. The number of nitrogens with zero attached hydrogens (tertiary/aromatic N) is 1. The maximum Gasteiger partial charge on any atom is 0.259 e. The van der Waals surface area contributed by atoms with E-state index >= 15 is 0 Å². The van der Waals surface area contributed by atoms with E-state index in [-0.39, 0.29) is 11.8 Å². The number of hydrogen-bond acceptors (Lipinski definition) is 3. The van der Waals surface area contributed by atoms with Crippen LogP contribution in [0, 0.1) is 6.92 Å². The molecule has 0 fully saturated rings. The van der Waals surface area contributed by atoms with Gasteiger partial charge >= 0.3 is 0 Å². The van der Waals surface area contributed by atoms with Gasteiger partial charge in [-0.3, -0.25) is 9.59 Å². The molecule has 0 saturated carbocycles. The highest BCUT2D eigenvalue weighted by atomic mass is 32.2. The van der Waals surface area contributed by atoms with Crippen LogP contribution in [0.25, 0.3) is 0 Å². The molecule has 2 amide bonds. The number of nitrogens with one attached hydrogen (secondary N) is 1. The third-order valence-corrected chi connectivity index (χ3v) is 7.78. The molecule has 0 aromatic heterocycles. The molecule has 0 saturated heterocycles. The largest absolute Gasteiger partial charge is 0.352 e. The Labute approximate surface area is 213 Å². The van der Waals surface area contributed by atoms with Crippen molar-refractivity contribution >= 4 is 28.3 Å². The second kappa shape index (κ2) is 10.3. The van der Waals surface area contributed by atoms with Gasteiger partial charge in [-0.15, -0.1) is 0 Å². The highest BCUT2D eigenvalue weighted by Crippen LogP contribution is 2.36. The molecule has 1 N–H and O–H groups in total. The molecule has 0 aliphatic carbocycles. The van der Waals surface area contributed by atoms with Crippen molar-refractivity contribution in [2.75, 3.05) is 11.4 Å². The van der Waals surface area contributed by atoms with Crippen molar-refractivity contribution < 1.29 is 13.8 Å². The second-order valence-electron chi connectivity index (χ2n) is 8.82. The van der Waals surface area contributed by atoms with Crippen molar-refractivity contribution in [2.45, 2.75) is 29.7 Å². The average Bonchev–Trinajstić information content (AvgIpc) is 2.99. The van der Waals surface area contributed by atoms with Gasteiger partial charge < -0.3 is 10.2 Å². The number of carbonyl (C=O) groups is 2. The first-order chi connectivity index (χ1) is 17.5. The summed E-state index contributed by atoms with van der Waals surface area (Å²) in [6.07, 6.45) is 0.717. The van der Waals surface area contributed by atoms with Gasteiger partial charge in [-0.05, 0) is 54.8 Å². The monoisotopic (exact) mass is 494 g/mol. The maximum atomic E-state index is 13.7. The van der Waals surface area contributed by atoms with Gasteiger partial charge in [0.1, 0.15) is 0 Å². The topological polar surface area (TPSA) is 66.5 Å². The normalized spacial score (nSPS) is 14.5. The minimum atomic E-state index is -1.55. The molecule has 1 atom stereocenters. The number of amides is 2. The van der Waals surface area contributed by atoms with Gasteiger partial charge in [-0.2, -0.15) is 0 Å². The summed E-state index contributed by atoms with van der Waals surface area (Å²) in [7, 11) is -1.55. The molecule has 5 nitrogen and oxygen atoms in total. The number of carbonyl (C=O) groups excluding carboxylic acids is 2. The van der Waals surface area contributed by atoms with E-state index in [0.29, 0.717) is 39.7 Å². The molecule has 4 aromatic rings. The number of benzene rings is 4. The third kappa shape index (κ3) is 4.86. The van der Waals surface area contributed by atoms with E-state index in [1.807, 2.05) is 37.3 Å². The molecule has 0 spiro atoms. The quantitative estimate of drug-likeness (QED) is 0.396. The van der Waals surface area contributed by atoms with Crippen molar-refractivity contribution in [2.24, 2.45) is 0 Å². The zero-order valence-electron chi connectivity index (χ0n) is 19.9. The first-order valence-corrected chi connectivity index (χ1v) is 13.0. The number of rotatable bonds is 6. The van der Waals surface area contributed by atoms with Crippen LogP contribution in [0.4, 0.5) is 5.69 Å². The zero-order valence-corrected chi connectivity index (χ0v) is 20.8. The van der Waals surface area contributed by atoms with Crippen LogP contribution in [0.15, 0.2) is 107 Å². The molecule has 1 aliphatic heterocycles. The smallest absolute Gasteiger partial charge is 0.259 e. The van der Waals surface area contributed by atoms with Gasteiger partial charge in [0.15, 0.2) is 0 Å². The molecule has 0 radical (unpaired) electrons. The fourth-order valence-corrected chi connectivity index (χ4v) is 5.65. The predicted octanol–water partition coefficient (Wildman–Crippen LogP) is 5.29. The van der Waals surface area contributed by atoms with Gasteiger partial charge in [0.05, 0.1) is 38.4 Å². The summed E-state index contributed by atoms with van der Waals surface area (Å²) in [5.74, 6) is -0.469. The Morgan fingerprint density at radius 1 is 0.833 bits per heavy atom. The molecule has 4 aromatic carbocycles. The summed E-state index contributed by atoms with van der Waals surface area (Å²) in [5, 5.41) is 2.97. The minimum Gasteiger partial charge on any atom is -0.352 e. The Morgan fingerprint density at radius 3 is 2.33 bits per heavy atom. The van der Waals surface area contributed by atoms with E-state index in [9.17, 15) is 13.8 Å². The Morgan fingerprint density at radius 2 is 1.56 bits per heavy atom. The first kappa shape index (κ1) is 23.7. The van der Waals surface area contributed by atoms with Crippen molar-refractivity contribution in [1.29, 1.82) is 0 Å². The molecule has 36 heavy (non-hydrogen) atoms. The van der Waals surface area contributed by atoms with Crippen LogP contribution < -0.4 is 10.2 Å². The highest BCUT2D eigenvalue weighted by molar-refractivity contribution is 7.85. The van der Waals surface area contributed by atoms with Crippen LogP contribution in [0.5, 0.6) is 0 Å². The lowest BCUT2D eigenvalue weighted by molar-refractivity contribution is 0.0950. The van der Waals surface area contributed by atoms with E-state index < -0.39 is 10.8 Å². The van der Waals surface area contributed by atoms with Crippen molar-refractivity contribution in [3.05, 3.63) is 125 Å². The molecule has 180 valence electrons. The van der Waals surface area contributed by atoms with Gasteiger partial charge in [-0.25, -0.2) is 4.21 Å². The summed E-state index contributed by atoms with van der Waals surface area (Å²) in [4.78, 5) is 29.3. The Bertz CT molecular complexity index is 1450. The molecular weight excluding hydrogens is 468 g/mol. The maximum absolute atomic E-state index is 13.7. The predicted molar refractivity (Wildman–Crippen MR) is 142 cm³/mol. The Balaban J connectivity index is 1.46. The first-order valence-electron chi connectivity index (χ1n) is 11.9. The SMILES string of the molecule is Cc1ccc(CCNC(=O)c2ccc3c(c2)N(Cc2ccccc2)C(=O)c2ccccc2S3=O)cc1. The van der Waals surface area contributed by atoms with Crippen LogP contribution in [0.1, 0.15) is 37.4 Å². The Kier molecular flexibility index (Phi) is 6.78. The van der Waals surface area contributed by atoms with Crippen molar-refractivity contribution in [1.82, 2.24) is 5.32 Å². The standard InChI is InChI=1S/C30H26N2O3S/c1-21-11-13-22(14-12-21)17-18-31-29(33)24-15-16-28-26(19-24)32(20-23-7-3-2-4-8-23)30(34)25-9-5-6-10-27(25)36(28)35/h2-16,19H,17-18,20H2,1H3,(H,31,33). The third-order valence-electron chi connectivity index (χ3n) is 6.28. The highest BCUT2D eigenvalue weighted by Gasteiger charge is 2.31. The fraction of sp³-hybridized carbons (Fsp3) is 0.133. The Hall–Kier alpha value is -4.03. The van der Waals surface area contributed by atoms with Gasteiger partial charge in [0.25, 0.3) is 11.8 Å². The lowest BCUT2D eigenvalue weighted by Crippen LogP contribution is -2.31. The van der Waals surface area contributed by atoms with E-state index in [0.717, 1.165) is 17.5 Å². The lowest BCUT2D eigenvalue weighted by atomic mass is 10.1. The van der Waals surface area contributed by atoms with E-state index in [1.54, 1.807) is 47.4 Å². The summed E-state index contributed by atoms with van der Waals surface area (Å²) in [6, 6.07) is 29.9. The number of fused-ring (bicyclic) bond motifs is 2. The van der Waals surface area contributed by atoms with Crippen LogP contribution in [-0.2, 0) is 23.8 Å². The fourth-order valence-electron chi connectivity index (χ4n) is 4.30. The van der Waals surface area contributed by atoms with Crippen LogP contribution in [0.3, 0.4) is 0 Å². The molecule has 1 heterocycles. The van der Waals surface area contributed by atoms with Crippen LogP contribution in [0.2, 0.25) is 0 Å². The summed E-state index contributed by atoms with van der Waals surface area (Å²) >= 11 is 0. The van der Waals surface area contributed by atoms with Crippen LogP contribution in [-0.4, -0.2) is 22.6 Å². The van der Waals surface area contributed by atoms with E-state index in [4.69, 9.17) is 0 Å². The molecule has 1 aliphatic rings. The minimum absolute atomic E-state index is 0.232. The molecule has 6 heteroatoms. The summed E-state index contributed by atoms with van der Waals surface area (Å²) in [6.45, 7) is 2.83. The molecule has 0 bridgehead atoms. The second-order valence-corrected chi connectivity index (χ2v) is 10.2. The van der Waals surface area contributed by atoms with Gasteiger partial charge in [0, 0.05) is 12.1 Å². The summed E-state index contributed by atoms with van der Waals surface area (Å²) in [5.41, 5.74) is 4.61. The van der Waals surface area contributed by atoms with Gasteiger partial charge in [-0.1, -0.05) is 72.3 Å². The van der Waals surface area contributed by atoms with Crippen molar-refractivity contribution in [3.63, 3.8) is 0 Å². The van der Waals surface area contributed by atoms with Crippen molar-refractivity contribution in [3.8, 4) is 0 Å². The number of hydrogen-bond donors (Lipinski definition) is 1. The van der Waals surface area contributed by atoms with Crippen LogP contribution >= 0.6 is 0 Å². The molecular formula is C30H26N2O3S. The zero-order chi connectivity index (χ0) is 25.1. The molecule has 5 rings (SSSR count). The van der Waals surface area contributed by atoms with E-state index in [2.05, 4.69) is 29.6 Å². The summed E-state index contributed by atoms with van der Waals surface area (Å²) < 4.78 is 13.5. The molecule has 1 unspecified atom stereocenters. The lowest BCUT2D eigenvalue weighted by Gasteiger charge is -2.23. The van der Waals surface area contributed by atoms with Gasteiger partial charge in [0.2, 0.25) is 0 Å². The number of aryl methyl sites for hydroxylation is 1. The van der Waals surface area contributed by atoms with E-state index in [1.165, 1.54) is 5.56 Å².